The van der Waals surface area contributed by atoms with Crippen LogP contribution in [0.5, 0.6) is 5.75 Å². The quantitative estimate of drug-likeness (QED) is 0.774. The van der Waals surface area contributed by atoms with Gasteiger partial charge in [-0.05, 0) is 56.0 Å². The van der Waals surface area contributed by atoms with Crippen molar-refractivity contribution in [1.82, 2.24) is 14.9 Å². The summed E-state index contributed by atoms with van der Waals surface area (Å²) in [5.41, 5.74) is 1.98. The molecular formula is C23H31N5O2. The van der Waals surface area contributed by atoms with E-state index in [2.05, 4.69) is 46.6 Å². The van der Waals surface area contributed by atoms with Gasteiger partial charge in [0.25, 0.3) is 0 Å². The van der Waals surface area contributed by atoms with Crippen LogP contribution in [0.4, 0.5) is 11.6 Å². The Kier molecular flexibility index (Phi) is 5.64. The van der Waals surface area contributed by atoms with E-state index >= 15 is 0 Å². The highest BCUT2D eigenvalue weighted by molar-refractivity contribution is 5.97. The number of aromatic nitrogens is 2. The van der Waals surface area contributed by atoms with Gasteiger partial charge in [-0.1, -0.05) is 6.92 Å². The maximum atomic E-state index is 13.5. The van der Waals surface area contributed by atoms with Crippen molar-refractivity contribution in [2.75, 3.05) is 49.6 Å². The first-order chi connectivity index (χ1) is 14.4. The van der Waals surface area contributed by atoms with Crippen molar-refractivity contribution >= 4 is 17.5 Å². The predicted octanol–water partition coefficient (Wildman–Crippen LogP) is 2.93. The van der Waals surface area contributed by atoms with Gasteiger partial charge in [-0.2, -0.15) is 0 Å². The first-order valence-corrected chi connectivity index (χ1v) is 10.6. The highest BCUT2D eigenvalue weighted by Crippen LogP contribution is 2.44. The summed E-state index contributed by atoms with van der Waals surface area (Å²) in [5, 5.41) is 0. The number of piperazine rings is 1. The van der Waals surface area contributed by atoms with Gasteiger partial charge in [-0.3, -0.25) is 9.69 Å². The predicted molar refractivity (Wildman–Crippen MR) is 118 cm³/mol. The Morgan fingerprint density at radius 3 is 2.53 bits per heavy atom. The van der Waals surface area contributed by atoms with Crippen molar-refractivity contribution in [1.29, 1.82) is 0 Å². The number of anilines is 2. The zero-order valence-corrected chi connectivity index (χ0v) is 18.3. The number of fused-ring (bicyclic) bond motifs is 1. The number of amides is 1. The van der Waals surface area contributed by atoms with Gasteiger partial charge in [0.1, 0.15) is 5.75 Å². The van der Waals surface area contributed by atoms with E-state index in [9.17, 15) is 4.79 Å². The number of nitrogens with zero attached hydrogens (tertiary/aromatic N) is 5. The van der Waals surface area contributed by atoms with E-state index in [1.54, 1.807) is 19.5 Å². The van der Waals surface area contributed by atoms with E-state index in [1.807, 2.05) is 23.1 Å². The van der Waals surface area contributed by atoms with Crippen LogP contribution < -0.4 is 14.5 Å². The standard InChI is InChI=1S/C23H31N5O2/c1-17-15-23(2,3)28(20-7-6-18(30-4)14-19(17)20)21(29)16-26-10-12-27(13-11-26)22-24-8-5-9-25-22/h5-9,14,17H,10-13,15-16H2,1-4H3/t17-/m1/s1. The molecule has 4 rings (SSSR count). The molecule has 1 fully saturated rings. The average molecular weight is 410 g/mol. The Balaban J connectivity index is 1.47. The lowest BCUT2D eigenvalue weighted by Gasteiger charge is -2.47. The molecule has 0 N–H and O–H groups in total. The maximum absolute atomic E-state index is 13.5. The van der Waals surface area contributed by atoms with Crippen molar-refractivity contribution in [2.24, 2.45) is 0 Å². The third-order valence-corrected chi connectivity index (χ3v) is 6.23. The topological polar surface area (TPSA) is 61.8 Å². The van der Waals surface area contributed by atoms with Crippen LogP contribution >= 0.6 is 0 Å². The summed E-state index contributed by atoms with van der Waals surface area (Å²) >= 11 is 0. The van der Waals surface area contributed by atoms with Crippen LogP contribution in [0.1, 0.15) is 38.7 Å². The largest absolute Gasteiger partial charge is 0.497 e. The number of hydrogen-bond acceptors (Lipinski definition) is 6. The summed E-state index contributed by atoms with van der Waals surface area (Å²) in [6.07, 6.45) is 4.46. The average Bonchev–Trinajstić information content (AvgIpc) is 2.74. The normalized spacial score (nSPS) is 21.3. The zero-order valence-electron chi connectivity index (χ0n) is 18.3. The molecule has 0 spiro atoms. The zero-order chi connectivity index (χ0) is 21.3. The van der Waals surface area contributed by atoms with Gasteiger partial charge in [-0.25, -0.2) is 9.97 Å². The fourth-order valence-electron chi connectivity index (χ4n) is 4.83. The number of carbonyl (C=O) groups is 1. The summed E-state index contributed by atoms with van der Waals surface area (Å²) < 4.78 is 5.42. The lowest BCUT2D eigenvalue weighted by Crippen LogP contribution is -2.56. The molecule has 1 amide bonds. The Hall–Kier alpha value is -2.67. The van der Waals surface area contributed by atoms with Gasteiger partial charge in [-0.15, -0.1) is 0 Å². The number of benzene rings is 1. The molecular weight excluding hydrogens is 378 g/mol. The molecule has 30 heavy (non-hydrogen) atoms. The van der Waals surface area contributed by atoms with Crippen molar-refractivity contribution in [3.63, 3.8) is 0 Å². The van der Waals surface area contributed by atoms with Gasteiger partial charge in [0.15, 0.2) is 0 Å². The third kappa shape index (κ3) is 3.99. The minimum Gasteiger partial charge on any atom is -0.497 e. The van der Waals surface area contributed by atoms with Crippen molar-refractivity contribution in [2.45, 2.75) is 38.6 Å². The second-order valence-electron chi connectivity index (χ2n) is 8.88. The highest BCUT2D eigenvalue weighted by Gasteiger charge is 2.40. The highest BCUT2D eigenvalue weighted by atomic mass is 16.5. The first kappa shape index (κ1) is 20.6. The molecule has 2 aromatic rings. The van der Waals surface area contributed by atoms with Crippen LogP contribution in [-0.4, -0.2) is 66.1 Å². The lowest BCUT2D eigenvalue weighted by molar-refractivity contribution is -0.121. The van der Waals surface area contributed by atoms with Gasteiger partial charge in [0.2, 0.25) is 11.9 Å². The van der Waals surface area contributed by atoms with Crippen molar-refractivity contribution in [3.05, 3.63) is 42.2 Å². The molecule has 0 saturated carbocycles. The monoisotopic (exact) mass is 409 g/mol. The molecule has 0 bridgehead atoms. The van der Waals surface area contributed by atoms with E-state index in [4.69, 9.17) is 4.74 Å². The first-order valence-electron chi connectivity index (χ1n) is 10.6. The summed E-state index contributed by atoms with van der Waals surface area (Å²) in [7, 11) is 1.68. The van der Waals surface area contributed by atoms with Crippen molar-refractivity contribution in [3.8, 4) is 5.75 Å². The smallest absolute Gasteiger partial charge is 0.241 e. The molecule has 2 aliphatic rings. The molecule has 1 aromatic carbocycles. The van der Waals surface area contributed by atoms with E-state index in [0.717, 1.165) is 50.0 Å². The molecule has 0 aliphatic carbocycles. The molecule has 7 heteroatoms. The van der Waals surface area contributed by atoms with Crippen LogP contribution in [-0.2, 0) is 4.79 Å². The van der Waals surface area contributed by atoms with Crippen LogP contribution in [0.25, 0.3) is 0 Å². The SMILES string of the molecule is COc1ccc2c(c1)[C@H](C)CC(C)(C)N2C(=O)CN1CCN(c2ncccn2)CC1. The summed E-state index contributed by atoms with van der Waals surface area (Å²) in [6, 6.07) is 7.89. The van der Waals surface area contributed by atoms with Gasteiger partial charge in [0, 0.05) is 49.8 Å². The number of carbonyl (C=O) groups excluding carboxylic acids is 1. The summed E-state index contributed by atoms with van der Waals surface area (Å²) in [5.74, 6) is 2.13. The van der Waals surface area contributed by atoms with Crippen LogP contribution in [0.2, 0.25) is 0 Å². The number of rotatable bonds is 4. The molecule has 1 atom stereocenters. The number of methoxy groups -OCH3 is 1. The molecule has 2 aliphatic heterocycles. The second-order valence-corrected chi connectivity index (χ2v) is 8.88. The molecule has 1 saturated heterocycles. The van der Waals surface area contributed by atoms with Gasteiger partial charge < -0.3 is 14.5 Å². The second kappa shape index (κ2) is 8.22. The minimum absolute atomic E-state index is 0.155. The van der Waals surface area contributed by atoms with E-state index < -0.39 is 0 Å². The Bertz CT molecular complexity index is 894. The number of ether oxygens (including phenoxy) is 1. The Labute approximate surface area is 178 Å². The Morgan fingerprint density at radius 2 is 1.87 bits per heavy atom. The fraction of sp³-hybridized carbons (Fsp3) is 0.522. The van der Waals surface area contributed by atoms with E-state index in [0.29, 0.717) is 12.5 Å². The van der Waals surface area contributed by atoms with Gasteiger partial charge >= 0.3 is 0 Å². The molecule has 7 nitrogen and oxygen atoms in total. The van der Waals surface area contributed by atoms with E-state index in [-0.39, 0.29) is 11.4 Å². The molecule has 3 heterocycles. The van der Waals surface area contributed by atoms with Crippen molar-refractivity contribution < 1.29 is 9.53 Å². The molecule has 0 unspecified atom stereocenters. The van der Waals surface area contributed by atoms with Gasteiger partial charge in [0.05, 0.1) is 13.7 Å². The molecule has 1 aromatic heterocycles. The van der Waals surface area contributed by atoms with Crippen LogP contribution in [0.3, 0.4) is 0 Å². The maximum Gasteiger partial charge on any atom is 0.241 e. The molecule has 160 valence electrons. The summed E-state index contributed by atoms with van der Waals surface area (Å²) in [4.78, 5) is 28.6. The van der Waals surface area contributed by atoms with E-state index in [1.165, 1.54) is 5.56 Å². The molecule has 0 radical (unpaired) electrons. The fourth-order valence-corrected chi connectivity index (χ4v) is 4.83. The van der Waals surface area contributed by atoms with Crippen LogP contribution in [0, 0.1) is 0 Å². The third-order valence-electron chi connectivity index (χ3n) is 6.23. The number of hydrogen-bond donors (Lipinski definition) is 0. The summed E-state index contributed by atoms with van der Waals surface area (Å²) in [6.45, 7) is 10.3. The lowest BCUT2D eigenvalue weighted by atomic mass is 9.80. The Morgan fingerprint density at radius 1 is 1.17 bits per heavy atom. The minimum atomic E-state index is -0.224. The van der Waals surface area contributed by atoms with Crippen LogP contribution in [0.15, 0.2) is 36.7 Å².